The SMILES string of the molecule is CC(=O)c1nc(N2CCOCC2)c2ncccc2n1. The molecule has 0 saturated carbocycles. The highest BCUT2D eigenvalue weighted by molar-refractivity contribution is 5.95. The molecule has 0 unspecified atom stereocenters. The molecule has 19 heavy (non-hydrogen) atoms. The molecule has 1 aliphatic heterocycles. The van der Waals surface area contributed by atoms with E-state index in [4.69, 9.17) is 4.74 Å². The van der Waals surface area contributed by atoms with Crippen molar-refractivity contribution in [1.82, 2.24) is 15.0 Å². The molecule has 2 aromatic heterocycles. The number of aromatic nitrogens is 3. The number of hydrogen-bond donors (Lipinski definition) is 0. The van der Waals surface area contributed by atoms with Gasteiger partial charge in [-0.05, 0) is 12.1 Å². The standard InChI is InChI=1S/C13H14N4O2/c1-9(18)12-15-10-3-2-4-14-11(10)13(16-12)17-5-7-19-8-6-17/h2-4H,5-8H2,1H3. The molecular formula is C13H14N4O2. The molecule has 0 bridgehead atoms. The number of anilines is 1. The normalized spacial score (nSPS) is 15.7. The van der Waals surface area contributed by atoms with Crippen molar-refractivity contribution >= 4 is 22.6 Å². The van der Waals surface area contributed by atoms with E-state index in [0.29, 0.717) is 18.7 Å². The van der Waals surface area contributed by atoms with Crippen LogP contribution in [0, 0.1) is 0 Å². The van der Waals surface area contributed by atoms with Gasteiger partial charge in [-0.25, -0.2) is 9.97 Å². The Morgan fingerprint density at radius 3 is 2.84 bits per heavy atom. The second kappa shape index (κ2) is 4.89. The van der Waals surface area contributed by atoms with Crippen molar-refractivity contribution in [3.63, 3.8) is 0 Å². The maximum absolute atomic E-state index is 11.5. The Kier molecular flexibility index (Phi) is 3.08. The molecule has 0 aliphatic carbocycles. The zero-order valence-corrected chi connectivity index (χ0v) is 10.7. The average Bonchev–Trinajstić information content (AvgIpc) is 2.47. The molecule has 0 radical (unpaired) electrons. The minimum Gasteiger partial charge on any atom is -0.378 e. The van der Waals surface area contributed by atoms with Gasteiger partial charge in [-0.1, -0.05) is 0 Å². The van der Waals surface area contributed by atoms with Gasteiger partial charge in [0.25, 0.3) is 0 Å². The molecule has 2 aromatic rings. The van der Waals surface area contributed by atoms with Gasteiger partial charge in [0.15, 0.2) is 17.4 Å². The second-order valence-corrected chi connectivity index (χ2v) is 4.40. The van der Waals surface area contributed by atoms with E-state index < -0.39 is 0 Å². The third kappa shape index (κ3) is 2.26. The van der Waals surface area contributed by atoms with E-state index in [1.165, 1.54) is 6.92 Å². The van der Waals surface area contributed by atoms with E-state index in [1.54, 1.807) is 6.20 Å². The van der Waals surface area contributed by atoms with Gasteiger partial charge >= 0.3 is 0 Å². The maximum atomic E-state index is 11.5. The predicted molar refractivity (Wildman–Crippen MR) is 70.4 cm³/mol. The Morgan fingerprint density at radius 1 is 1.32 bits per heavy atom. The highest BCUT2D eigenvalue weighted by Crippen LogP contribution is 2.22. The van der Waals surface area contributed by atoms with Gasteiger partial charge < -0.3 is 9.64 Å². The summed E-state index contributed by atoms with van der Waals surface area (Å²) in [5, 5.41) is 0. The lowest BCUT2D eigenvalue weighted by Gasteiger charge is -2.28. The largest absolute Gasteiger partial charge is 0.378 e. The molecule has 6 nitrogen and oxygen atoms in total. The van der Waals surface area contributed by atoms with Crippen LogP contribution in [0.4, 0.5) is 5.82 Å². The molecule has 3 heterocycles. The zero-order valence-electron chi connectivity index (χ0n) is 10.7. The number of nitrogens with zero attached hydrogens (tertiary/aromatic N) is 4. The molecule has 0 spiro atoms. The van der Waals surface area contributed by atoms with Gasteiger partial charge in [-0.15, -0.1) is 0 Å². The average molecular weight is 258 g/mol. The van der Waals surface area contributed by atoms with Crippen LogP contribution in [0.1, 0.15) is 17.5 Å². The topological polar surface area (TPSA) is 68.2 Å². The van der Waals surface area contributed by atoms with Gasteiger partial charge in [0.1, 0.15) is 5.52 Å². The van der Waals surface area contributed by atoms with Crippen LogP contribution < -0.4 is 4.90 Å². The fourth-order valence-electron chi connectivity index (χ4n) is 2.10. The van der Waals surface area contributed by atoms with Crippen LogP contribution in [-0.4, -0.2) is 47.0 Å². The fourth-order valence-corrected chi connectivity index (χ4v) is 2.10. The van der Waals surface area contributed by atoms with Crippen molar-refractivity contribution in [2.24, 2.45) is 0 Å². The van der Waals surface area contributed by atoms with Crippen LogP contribution >= 0.6 is 0 Å². The summed E-state index contributed by atoms with van der Waals surface area (Å²) < 4.78 is 5.34. The molecular weight excluding hydrogens is 244 g/mol. The van der Waals surface area contributed by atoms with Crippen LogP contribution in [0.5, 0.6) is 0 Å². The highest BCUT2D eigenvalue weighted by atomic mass is 16.5. The molecule has 0 N–H and O–H groups in total. The Morgan fingerprint density at radius 2 is 2.11 bits per heavy atom. The van der Waals surface area contributed by atoms with Crippen molar-refractivity contribution in [3.8, 4) is 0 Å². The number of hydrogen-bond acceptors (Lipinski definition) is 6. The van der Waals surface area contributed by atoms with Crippen LogP contribution in [-0.2, 0) is 4.74 Å². The summed E-state index contributed by atoms with van der Waals surface area (Å²) in [5.41, 5.74) is 1.43. The number of ether oxygens (including phenoxy) is 1. The molecule has 0 amide bonds. The first-order valence-corrected chi connectivity index (χ1v) is 6.22. The molecule has 1 saturated heterocycles. The van der Waals surface area contributed by atoms with Gasteiger partial charge in [0.2, 0.25) is 0 Å². The van der Waals surface area contributed by atoms with E-state index >= 15 is 0 Å². The molecule has 1 aliphatic rings. The minimum absolute atomic E-state index is 0.139. The quantitative estimate of drug-likeness (QED) is 0.750. The Hall–Kier alpha value is -2.08. The lowest BCUT2D eigenvalue weighted by Crippen LogP contribution is -2.37. The summed E-state index contributed by atoms with van der Waals surface area (Å²) in [6, 6.07) is 3.66. The highest BCUT2D eigenvalue weighted by Gasteiger charge is 2.19. The number of rotatable bonds is 2. The Bertz CT molecular complexity index is 623. The van der Waals surface area contributed by atoms with Crippen LogP contribution in [0.2, 0.25) is 0 Å². The van der Waals surface area contributed by atoms with Crippen molar-refractivity contribution in [2.75, 3.05) is 31.2 Å². The molecule has 3 rings (SSSR count). The predicted octanol–water partition coefficient (Wildman–Crippen LogP) is 1.06. The number of fused-ring (bicyclic) bond motifs is 1. The smallest absolute Gasteiger partial charge is 0.198 e. The number of morpholine rings is 1. The van der Waals surface area contributed by atoms with Crippen molar-refractivity contribution in [2.45, 2.75) is 6.92 Å². The van der Waals surface area contributed by atoms with E-state index in [2.05, 4.69) is 19.9 Å². The van der Waals surface area contributed by atoms with Gasteiger partial charge in [0.05, 0.1) is 18.7 Å². The molecule has 98 valence electrons. The Labute approximate surface area is 110 Å². The molecule has 1 fully saturated rings. The summed E-state index contributed by atoms with van der Waals surface area (Å²) in [5.74, 6) is 0.821. The third-order valence-electron chi connectivity index (χ3n) is 3.06. The number of carbonyl (C=O) groups is 1. The summed E-state index contributed by atoms with van der Waals surface area (Å²) >= 11 is 0. The first kappa shape index (κ1) is 12.0. The van der Waals surface area contributed by atoms with Crippen molar-refractivity contribution in [1.29, 1.82) is 0 Å². The second-order valence-electron chi connectivity index (χ2n) is 4.40. The summed E-state index contributed by atoms with van der Waals surface area (Å²) in [7, 11) is 0. The van der Waals surface area contributed by atoms with E-state index in [9.17, 15) is 4.79 Å². The van der Waals surface area contributed by atoms with Gasteiger partial charge in [-0.3, -0.25) is 9.78 Å². The van der Waals surface area contributed by atoms with Crippen molar-refractivity contribution in [3.05, 3.63) is 24.2 Å². The monoisotopic (exact) mass is 258 g/mol. The van der Waals surface area contributed by atoms with Gasteiger partial charge in [0, 0.05) is 26.2 Å². The lowest BCUT2D eigenvalue weighted by molar-refractivity contribution is 0.100. The summed E-state index contributed by atoms with van der Waals surface area (Å²) in [6.07, 6.45) is 1.71. The molecule has 6 heteroatoms. The number of pyridine rings is 1. The van der Waals surface area contributed by atoms with Gasteiger partial charge in [-0.2, -0.15) is 0 Å². The molecule has 0 aromatic carbocycles. The zero-order chi connectivity index (χ0) is 13.2. The minimum atomic E-state index is -0.139. The maximum Gasteiger partial charge on any atom is 0.198 e. The van der Waals surface area contributed by atoms with Crippen molar-refractivity contribution < 1.29 is 9.53 Å². The fraction of sp³-hybridized carbons (Fsp3) is 0.385. The first-order valence-electron chi connectivity index (χ1n) is 6.22. The summed E-state index contributed by atoms with van der Waals surface area (Å²) in [6.45, 7) is 4.29. The summed E-state index contributed by atoms with van der Waals surface area (Å²) in [4.78, 5) is 26.6. The van der Waals surface area contributed by atoms with Crippen LogP contribution in [0.3, 0.4) is 0 Å². The lowest BCUT2D eigenvalue weighted by atomic mass is 10.3. The van der Waals surface area contributed by atoms with E-state index in [0.717, 1.165) is 24.4 Å². The number of carbonyl (C=O) groups excluding carboxylic acids is 1. The first-order chi connectivity index (χ1) is 9.25. The van der Waals surface area contributed by atoms with Crippen LogP contribution in [0.15, 0.2) is 18.3 Å². The number of ketones is 1. The van der Waals surface area contributed by atoms with Crippen LogP contribution in [0.25, 0.3) is 11.0 Å². The molecule has 0 atom stereocenters. The number of Topliss-reactive ketones (excluding diaryl/α,β-unsaturated/α-hetero) is 1. The third-order valence-corrected chi connectivity index (χ3v) is 3.06. The van der Waals surface area contributed by atoms with E-state index in [-0.39, 0.29) is 11.6 Å². The van der Waals surface area contributed by atoms with E-state index in [1.807, 2.05) is 12.1 Å². The Balaban J connectivity index is 2.16.